The molecule has 2 rings (SSSR count). The molecule has 0 atom stereocenters. The Morgan fingerprint density at radius 3 is 2.53 bits per heavy atom. The van der Waals surface area contributed by atoms with Crippen LogP contribution in [0.2, 0.25) is 0 Å². The van der Waals surface area contributed by atoms with E-state index in [4.69, 9.17) is 0 Å². The van der Waals surface area contributed by atoms with Crippen molar-refractivity contribution < 1.29 is 18.0 Å². The van der Waals surface area contributed by atoms with E-state index in [0.717, 1.165) is 0 Å². The van der Waals surface area contributed by atoms with E-state index in [1.54, 1.807) is 6.07 Å². The van der Waals surface area contributed by atoms with E-state index in [0.29, 0.717) is 10.6 Å². The number of fused-ring (bicyclic) bond motifs is 1. The molecule has 6 heteroatoms. The van der Waals surface area contributed by atoms with E-state index in [9.17, 15) is 18.0 Å². The molecule has 78 valence electrons. The zero-order valence-electron chi connectivity index (χ0n) is 7.58. The molecule has 1 heterocycles. The zero-order valence-corrected chi connectivity index (χ0v) is 8.40. The van der Waals surface area contributed by atoms with Crippen LogP contribution in [0.5, 0.6) is 0 Å². The van der Waals surface area contributed by atoms with Crippen LogP contribution in [0.3, 0.4) is 0 Å². The molecule has 0 spiro atoms. The first-order valence-corrected chi connectivity index (χ1v) is 5.63. The van der Waals surface area contributed by atoms with Crippen molar-refractivity contribution in [2.75, 3.05) is 6.54 Å². The van der Waals surface area contributed by atoms with Gasteiger partial charge in [-0.2, -0.15) is 0 Å². The summed E-state index contributed by atoms with van der Waals surface area (Å²) >= 11 is 0. The van der Waals surface area contributed by atoms with Gasteiger partial charge in [0.1, 0.15) is 11.2 Å². The van der Waals surface area contributed by atoms with Crippen molar-refractivity contribution in [3.05, 3.63) is 29.8 Å². The van der Waals surface area contributed by atoms with Crippen LogP contribution in [-0.2, 0) is 14.8 Å². The van der Waals surface area contributed by atoms with Gasteiger partial charge in [-0.25, -0.2) is 12.7 Å². The van der Waals surface area contributed by atoms with Crippen molar-refractivity contribution in [3.8, 4) is 0 Å². The van der Waals surface area contributed by atoms with Crippen LogP contribution in [0.25, 0.3) is 0 Å². The van der Waals surface area contributed by atoms with Gasteiger partial charge in [-0.3, -0.25) is 4.79 Å². The average Bonchev–Trinajstić information content (AvgIpc) is 2.41. The predicted molar refractivity (Wildman–Crippen MR) is 50.7 cm³/mol. The Morgan fingerprint density at radius 2 is 1.93 bits per heavy atom. The maximum atomic E-state index is 11.7. The molecule has 1 aromatic carbocycles. The fourth-order valence-corrected chi connectivity index (χ4v) is 2.97. The van der Waals surface area contributed by atoms with E-state index in [1.165, 1.54) is 18.2 Å². The molecule has 15 heavy (non-hydrogen) atoms. The smallest absolute Gasteiger partial charge is 0.269 e. The fraction of sp³-hybridized carbons (Fsp3) is 0.111. The second-order valence-corrected chi connectivity index (χ2v) is 4.83. The summed E-state index contributed by atoms with van der Waals surface area (Å²) in [6.45, 7) is -0.435. The molecular formula is C9H7NO4S. The first-order chi connectivity index (χ1) is 7.09. The molecule has 5 nitrogen and oxygen atoms in total. The SMILES string of the molecule is O=CCN1C(=O)c2ccccc2S1(=O)=O. The van der Waals surface area contributed by atoms with Gasteiger partial charge in [0, 0.05) is 0 Å². The number of benzene rings is 1. The van der Waals surface area contributed by atoms with Gasteiger partial charge in [-0.1, -0.05) is 12.1 Å². The van der Waals surface area contributed by atoms with Crippen molar-refractivity contribution in [1.82, 2.24) is 4.31 Å². The molecule has 0 radical (unpaired) electrons. The summed E-state index contributed by atoms with van der Waals surface area (Å²) in [5.74, 6) is -0.641. The highest BCUT2D eigenvalue weighted by Crippen LogP contribution is 2.28. The number of hydrogen-bond acceptors (Lipinski definition) is 4. The molecule has 0 bridgehead atoms. The zero-order chi connectivity index (χ0) is 11.1. The Kier molecular flexibility index (Phi) is 2.08. The van der Waals surface area contributed by atoms with Gasteiger partial charge in [0.15, 0.2) is 0 Å². The molecule has 0 aliphatic carbocycles. The first kappa shape index (κ1) is 9.85. The van der Waals surface area contributed by atoms with Gasteiger partial charge in [0.2, 0.25) is 0 Å². The normalized spacial score (nSPS) is 17.6. The summed E-state index contributed by atoms with van der Waals surface area (Å²) in [5, 5.41) is 0. The summed E-state index contributed by atoms with van der Waals surface area (Å²) in [6.07, 6.45) is 0.390. The van der Waals surface area contributed by atoms with E-state index in [-0.39, 0.29) is 10.5 Å². The molecule has 1 aliphatic heterocycles. The van der Waals surface area contributed by atoms with E-state index < -0.39 is 22.5 Å². The standard InChI is InChI=1S/C9H7NO4S/c11-6-5-10-9(12)7-3-1-2-4-8(7)15(10,13)14/h1-4,6H,5H2. The Morgan fingerprint density at radius 1 is 1.27 bits per heavy atom. The lowest BCUT2D eigenvalue weighted by Crippen LogP contribution is -2.31. The molecule has 0 fully saturated rings. The Balaban J connectivity index is 2.65. The summed E-state index contributed by atoms with van der Waals surface area (Å²) in [6, 6.07) is 5.90. The van der Waals surface area contributed by atoms with Crippen molar-refractivity contribution in [2.45, 2.75) is 4.90 Å². The van der Waals surface area contributed by atoms with Gasteiger partial charge in [-0.05, 0) is 12.1 Å². The van der Waals surface area contributed by atoms with Gasteiger partial charge in [0.05, 0.1) is 12.1 Å². The maximum Gasteiger partial charge on any atom is 0.269 e. The lowest BCUT2D eigenvalue weighted by molar-refractivity contribution is -0.107. The minimum Gasteiger partial charge on any atom is -0.301 e. The quantitative estimate of drug-likeness (QED) is 0.666. The van der Waals surface area contributed by atoms with Crippen LogP contribution in [0, 0.1) is 0 Å². The van der Waals surface area contributed by atoms with Gasteiger partial charge in [-0.15, -0.1) is 0 Å². The van der Waals surface area contributed by atoms with Gasteiger partial charge in [0.25, 0.3) is 15.9 Å². The van der Waals surface area contributed by atoms with Crippen LogP contribution in [0.1, 0.15) is 10.4 Å². The number of aldehydes is 1. The number of sulfonamides is 1. The fourth-order valence-electron chi connectivity index (χ4n) is 1.48. The molecule has 1 amide bonds. The van der Waals surface area contributed by atoms with Crippen molar-refractivity contribution in [2.24, 2.45) is 0 Å². The van der Waals surface area contributed by atoms with Crippen LogP contribution < -0.4 is 0 Å². The second kappa shape index (κ2) is 3.16. The molecule has 0 unspecified atom stereocenters. The minimum absolute atomic E-state index is 0.0307. The summed E-state index contributed by atoms with van der Waals surface area (Å²) < 4.78 is 24.0. The summed E-state index contributed by atoms with van der Waals surface area (Å²) in [4.78, 5) is 21.8. The van der Waals surface area contributed by atoms with Crippen molar-refractivity contribution in [1.29, 1.82) is 0 Å². The van der Waals surface area contributed by atoms with Crippen LogP contribution in [-0.4, -0.2) is 31.5 Å². The number of carbonyl (C=O) groups is 2. The molecule has 0 N–H and O–H groups in total. The molecule has 0 aromatic heterocycles. The maximum absolute atomic E-state index is 11.7. The average molecular weight is 225 g/mol. The van der Waals surface area contributed by atoms with Crippen LogP contribution in [0.4, 0.5) is 0 Å². The second-order valence-electron chi connectivity index (χ2n) is 3.00. The van der Waals surface area contributed by atoms with Crippen LogP contribution in [0.15, 0.2) is 29.2 Å². The highest BCUT2D eigenvalue weighted by atomic mass is 32.2. The van der Waals surface area contributed by atoms with E-state index in [2.05, 4.69) is 0 Å². The minimum atomic E-state index is -3.81. The monoisotopic (exact) mass is 225 g/mol. The van der Waals surface area contributed by atoms with E-state index >= 15 is 0 Å². The summed E-state index contributed by atoms with van der Waals surface area (Å²) in [7, 11) is -3.81. The lowest BCUT2D eigenvalue weighted by Gasteiger charge is -2.09. The van der Waals surface area contributed by atoms with Crippen molar-refractivity contribution in [3.63, 3.8) is 0 Å². The third-order valence-corrected chi connectivity index (χ3v) is 3.96. The topological polar surface area (TPSA) is 71.5 Å². The van der Waals surface area contributed by atoms with Gasteiger partial charge >= 0.3 is 0 Å². The molecule has 1 aromatic rings. The number of nitrogens with zero attached hydrogens (tertiary/aromatic N) is 1. The van der Waals surface area contributed by atoms with E-state index in [1.807, 2.05) is 0 Å². The Hall–Kier alpha value is -1.69. The highest BCUT2D eigenvalue weighted by Gasteiger charge is 2.40. The molecule has 1 aliphatic rings. The number of carbonyl (C=O) groups excluding carboxylic acids is 2. The largest absolute Gasteiger partial charge is 0.301 e. The van der Waals surface area contributed by atoms with Crippen LogP contribution >= 0.6 is 0 Å². The molecule has 0 saturated heterocycles. The lowest BCUT2D eigenvalue weighted by atomic mass is 10.2. The van der Waals surface area contributed by atoms with Gasteiger partial charge < -0.3 is 4.79 Å². The summed E-state index contributed by atoms with van der Waals surface area (Å²) in [5.41, 5.74) is 0.124. The molecular weight excluding hydrogens is 218 g/mol. The highest BCUT2D eigenvalue weighted by molar-refractivity contribution is 7.90. The number of hydrogen-bond donors (Lipinski definition) is 0. The third-order valence-electron chi connectivity index (χ3n) is 2.15. The number of amides is 1. The number of rotatable bonds is 2. The predicted octanol–water partition coefficient (Wildman–Crippen LogP) is 0.0300. The first-order valence-electron chi connectivity index (χ1n) is 4.19. The molecule has 0 saturated carbocycles. The Labute approximate surface area is 86.4 Å². The Bertz CT molecular complexity index is 535. The third kappa shape index (κ3) is 1.25. The van der Waals surface area contributed by atoms with Crippen molar-refractivity contribution >= 4 is 22.2 Å².